The van der Waals surface area contributed by atoms with Gasteiger partial charge in [-0.1, -0.05) is 27.7 Å². The molecule has 0 aliphatic heterocycles. The molecule has 1 N–H and O–H groups in total. The van der Waals surface area contributed by atoms with Crippen LogP contribution in [0.3, 0.4) is 0 Å². The number of rotatable bonds is 4. The van der Waals surface area contributed by atoms with Gasteiger partial charge in [-0.05, 0) is 17.8 Å². The first kappa shape index (κ1) is 13.0. The minimum atomic E-state index is -0.533. The highest BCUT2D eigenvalue weighted by molar-refractivity contribution is 5.87. The Morgan fingerprint density at radius 1 is 1.38 bits per heavy atom. The van der Waals surface area contributed by atoms with E-state index in [1.54, 1.807) is 0 Å². The predicted molar refractivity (Wildman–Crippen MR) is 60.7 cm³/mol. The van der Waals surface area contributed by atoms with Gasteiger partial charge in [-0.25, -0.2) is 4.79 Å². The standard InChI is InChI=1S/C12H21NO3/c1-7(2)9(11(15)16-5)13-10(14)8-6-12(8,3)4/h7-9H,6H2,1-5H3,(H,13,14). The second-order valence-electron chi connectivity index (χ2n) is 5.50. The molecule has 0 saturated heterocycles. The van der Waals surface area contributed by atoms with Crippen LogP contribution in [0.5, 0.6) is 0 Å². The molecule has 1 saturated carbocycles. The number of hydrogen-bond acceptors (Lipinski definition) is 3. The van der Waals surface area contributed by atoms with Crippen LogP contribution in [-0.2, 0) is 14.3 Å². The van der Waals surface area contributed by atoms with Gasteiger partial charge in [0.15, 0.2) is 0 Å². The lowest BCUT2D eigenvalue weighted by molar-refractivity contribution is -0.146. The molecule has 0 heterocycles. The zero-order chi connectivity index (χ0) is 12.5. The lowest BCUT2D eigenvalue weighted by atomic mass is 10.0. The maximum absolute atomic E-state index is 11.8. The summed E-state index contributed by atoms with van der Waals surface area (Å²) in [5, 5.41) is 2.77. The van der Waals surface area contributed by atoms with E-state index in [0.717, 1.165) is 6.42 Å². The number of methoxy groups -OCH3 is 1. The van der Waals surface area contributed by atoms with Crippen molar-refractivity contribution in [2.45, 2.75) is 40.2 Å². The Hall–Kier alpha value is -1.06. The molecular formula is C12H21NO3. The fourth-order valence-corrected chi connectivity index (χ4v) is 1.79. The number of amides is 1. The SMILES string of the molecule is COC(=O)C(NC(=O)C1CC1(C)C)C(C)C. The molecule has 1 fully saturated rings. The van der Waals surface area contributed by atoms with E-state index in [0.29, 0.717) is 0 Å². The molecule has 4 nitrogen and oxygen atoms in total. The van der Waals surface area contributed by atoms with Gasteiger partial charge in [-0.15, -0.1) is 0 Å². The molecule has 1 rings (SSSR count). The molecule has 0 aromatic heterocycles. The molecule has 1 amide bonds. The highest BCUT2D eigenvalue weighted by atomic mass is 16.5. The Morgan fingerprint density at radius 2 is 1.88 bits per heavy atom. The zero-order valence-corrected chi connectivity index (χ0v) is 10.7. The average molecular weight is 227 g/mol. The molecule has 92 valence electrons. The molecule has 0 bridgehead atoms. The number of carbonyl (C=O) groups is 2. The molecule has 1 aliphatic carbocycles. The van der Waals surface area contributed by atoms with Gasteiger partial charge in [0.25, 0.3) is 0 Å². The second-order valence-corrected chi connectivity index (χ2v) is 5.50. The fourth-order valence-electron chi connectivity index (χ4n) is 1.79. The van der Waals surface area contributed by atoms with E-state index >= 15 is 0 Å². The summed E-state index contributed by atoms with van der Waals surface area (Å²) in [6.07, 6.45) is 0.894. The summed E-state index contributed by atoms with van der Waals surface area (Å²) in [6, 6.07) is -0.533. The lowest BCUT2D eigenvalue weighted by Crippen LogP contribution is -2.46. The third-order valence-corrected chi connectivity index (χ3v) is 3.25. The number of esters is 1. The Bertz CT molecular complexity index is 297. The van der Waals surface area contributed by atoms with Crippen molar-refractivity contribution in [2.75, 3.05) is 7.11 Å². The maximum Gasteiger partial charge on any atom is 0.328 e. The van der Waals surface area contributed by atoms with Crippen molar-refractivity contribution in [1.82, 2.24) is 5.32 Å². The van der Waals surface area contributed by atoms with E-state index in [-0.39, 0.29) is 29.1 Å². The monoisotopic (exact) mass is 227 g/mol. The van der Waals surface area contributed by atoms with Gasteiger partial charge in [0.05, 0.1) is 7.11 Å². The first-order chi connectivity index (χ1) is 7.29. The van der Waals surface area contributed by atoms with Crippen LogP contribution in [0.15, 0.2) is 0 Å². The van der Waals surface area contributed by atoms with Crippen LogP contribution in [0, 0.1) is 17.3 Å². The van der Waals surface area contributed by atoms with Gasteiger partial charge in [-0.2, -0.15) is 0 Å². The van der Waals surface area contributed by atoms with Crippen LogP contribution >= 0.6 is 0 Å². The molecule has 16 heavy (non-hydrogen) atoms. The van der Waals surface area contributed by atoms with Gasteiger partial charge in [-0.3, -0.25) is 4.79 Å². The summed E-state index contributed by atoms with van der Waals surface area (Å²) in [6.45, 7) is 7.89. The minimum absolute atomic E-state index is 0.0332. The van der Waals surface area contributed by atoms with Crippen LogP contribution in [0.25, 0.3) is 0 Å². The molecule has 0 aromatic carbocycles. The van der Waals surface area contributed by atoms with Crippen LogP contribution in [0.1, 0.15) is 34.1 Å². The maximum atomic E-state index is 11.8. The van der Waals surface area contributed by atoms with Crippen molar-refractivity contribution in [3.63, 3.8) is 0 Å². The topological polar surface area (TPSA) is 55.4 Å². The summed E-state index contributed by atoms with van der Waals surface area (Å²) in [7, 11) is 1.34. The Kier molecular flexibility index (Phi) is 3.61. The lowest BCUT2D eigenvalue weighted by Gasteiger charge is -2.20. The first-order valence-electron chi connectivity index (χ1n) is 5.68. The fraction of sp³-hybridized carbons (Fsp3) is 0.833. The van der Waals surface area contributed by atoms with Crippen LogP contribution in [0.4, 0.5) is 0 Å². The summed E-state index contributed by atoms with van der Waals surface area (Å²) in [5.74, 6) is -0.326. The van der Waals surface area contributed by atoms with Crippen molar-refractivity contribution in [2.24, 2.45) is 17.3 Å². The molecule has 2 unspecified atom stereocenters. The molecule has 2 atom stereocenters. The number of carbonyl (C=O) groups excluding carboxylic acids is 2. The summed E-state index contributed by atoms with van der Waals surface area (Å²) in [4.78, 5) is 23.3. The highest BCUT2D eigenvalue weighted by Gasteiger charge is 2.51. The first-order valence-corrected chi connectivity index (χ1v) is 5.68. The quantitative estimate of drug-likeness (QED) is 0.737. The largest absolute Gasteiger partial charge is 0.467 e. The van der Waals surface area contributed by atoms with E-state index < -0.39 is 6.04 Å². The van der Waals surface area contributed by atoms with Gasteiger partial charge in [0.1, 0.15) is 6.04 Å². The Balaban J connectivity index is 2.56. The molecule has 0 radical (unpaired) electrons. The smallest absolute Gasteiger partial charge is 0.328 e. The second kappa shape index (κ2) is 4.44. The summed E-state index contributed by atoms with van der Waals surface area (Å²) in [5.41, 5.74) is 0.0851. The van der Waals surface area contributed by atoms with E-state index in [1.807, 2.05) is 13.8 Å². The molecular weight excluding hydrogens is 206 g/mol. The average Bonchev–Trinajstić information content (AvgIpc) is 2.82. The molecule has 1 aliphatic rings. The summed E-state index contributed by atoms with van der Waals surface area (Å²) >= 11 is 0. The van der Waals surface area contributed by atoms with Crippen molar-refractivity contribution >= 4 is 11.9 Å². The van der Waals surface area contributed by atoms with Crippen molar-refractivity contribution < 1.29 is 14.3 Å². The summed E-state index contributed by atoms with van der Waals surface area (Å²) < 4.78 is 4.67. The van der Waals surface area contributed by atoms with E-state index in [2.05, 4.69) is 23.9 Å². The predicted octanol–water partition coefficient (Wildman–Crippen LogP) is 1.35. The van der Waals surface area contributed by atoms with Gasteiger partial charge < -0.3 is 10.1 Å². The van der Waals surface area contributed by atoms with Crippen LogP contribution < -0.4 is 5.32 Å². The van der Waals surface area contributed by atoms with E-state index in [9.17, 15) is 9.59 Å². The van der Waals surface area contributed by atoms with Crippen molar-refractivity contribution in [3.8, 4) is 0 Å². The van der Waals surface area contributed by atoms with Crippen molar-refractivity contribution in [3.05, 3.63) is 0 Å². The molecule has 4 heteroatoms. The zero-order valence-electron chi connectivity index (χ0n) is 10.7. The number of nitrogens with one attached hydrogen (secondary N) is 1. The van der Waals surface area contributed by atoms with E-state index in [1.165, 1.54) is 7.11 Å². The van der Waals surface area contributed by atoms with Gasteiger partial charge >= 0.3 is 5.97 Å². The van der Waals surface area contributed by atoms with Crippen LogP contribution in [-0.4, -0.2) is 25.0 Å². The Labute approximate surface area is 96.7 Å². The highest BCUT2D eigenvalue weighted by Crippen LogP contribution is 2.51. The van der Waals surface area contributed by atoms with E-state index in [4.69, 9.17) is 0 Å². The Morgan fingerprint density at radius 3 is 2.19 bits per heavy atom. The third-order valence-electron chi connectivity index (χ3n) is 3.25. The van der Waals surface area contributed by atoms with Crippen LogP contribution in [0.2, 0.25) is 0 Å². The third kappa shape index (κ3) is 2.74. The number of hydrogen-bond donors (Lipinski definition) is 1. The molecule has 0 aromatic rings. The van der Waals surface area contributed by atoms with Gasteiger partial charge in [0.2, 0.25) is 5.91 Å². The normalized spacial score (nSPS) is 23.8. The van der Waals surface area contributed by atoms with Crippen molar-refractivity contribution in [1.29, 1.82) is 0 Å². The minimum Gasteiger partial charge on any atom is -0.467 e. The number of ether oxygens (including phenoxy) is 1. The van der Waals surface area contributed by atoms with Gasteiger partial charge in [0, 0.05) is 5.92 Å². The molecule has 0 spiro atoms.